The van der Waals surface area contributed by atoms with Gasteiger partial charge in [-0.3, -0.25) is 0 Å². The Morgan fingerprint density at radius 1 is 0.909 bits per heavy atom. The molecule has 0 aromatic heterocycles. The van der Waals surface area contributed by atoms with Gasteiger partial charge in [0.15, 0.2) is 9.87 Å². The molecule has 0 aliphatic rings. The normalized spacial score (nSPS) is 15.1. The fraction of sp³-hybridized carbons (Fsp3) is 1.00. The SMILES string of the molecule is CC(C)(O)S(=O)(=O)C(C)(C)O. The fourth-order valence-corrected chi connectivity index (χ4v) is 1.83. The molecule has 0 unspecified atom stereocenters. The van der Waals surface area contributed by atoms with Crippen molar-refractivity contribution in [2.45, 2.75) is 37.6 Å². The second kappa shape index (κ2) is 2.43. The lowest BCUT2D eigenvalue weighted by Gasteiger charge is -2.26. The van der Waals surface area contributed by atoms with Gasteiger partial charge in [0.05, 0.1) is 0 Å². The van der Waals surface area contributed by atoms with Crippen molar-refractivity contribution in [1.29, 1.82) is 0 Å². The molecule has 0 radical (unpaired) electrons. The summed E-state index contributed by atoms with van der Waals surface area (Å²) in [5.41, 5.74) is 0. The number of hydrogen-bond donors (Lipinski definition) is 2. The van der Waals surface area contributed by atoms with Crippen molar-refractivity contribution in [2.24, 2.45) is 0 Å². The summed E-state index contributed by atoms with van der Waals surface area (Å²) in [6.45, 7) is 4.50. The molecule has 5 heteroatoms. The summed E-state index contributed by atoms with van der Waals surface area (Å²) in [5.74, 6) is 0. The number of hydrogen-bond acceptors (Lipinski definition) is 4. The highest BCUT2D eigenvalue weighted by Crippen LogP contribution is 2.24. The van der Waals surface area contributed by atoms with Crippen LogP contribution in [0.1, 0.15) is 27.7 Å². The Morgan fingerprint density at radius 3 is 1.09 bits per heavy atom. The first-order valence-corrected chi connectivity index (χ1v) is 4.67. The third-order valence-corrected chi connectivity index (χ3v) is 3.95. The summed E-state index contributed by atoms with van der Waals surface area (Å²) in [7, 11) is -3.90. The van der Waals surface area contributed by atoms with Crippen molar-refractivity contribution in [3.63, 3.8) is 0 Å². The molecule has 2 N–H and O–H groups in total. The lowest BCUT2D eigenvalue weighted by molar-refractivity contribution is 0.122. The maximum absolute atomic E-state index is 11.2. The molecule has 0 aromatic rings. The van der Waals surface area contributed by atoms with Gasteiger partial charge in [0.1, 0.15) is 0 Å². The zero-order chi connectivity index (χ0) is 9.50. The average Bonchev–Trinajstić information content (AvgIpc) is 1.58. The number of rotatable bonds is 2. The van der Waals surface area contributed by atoms with Gasteiger partial charge in [-0.05, 0) is 27.7 Å². The first-order chi connectivity index (χ1) is 4.50. The lowest BCUT2D eigenvalue weighted by atomic mass is 10.5. The van der Waals surface area contributed by atoms with Crippen molar-refractivity contribution in [1.82, 2.24) is 0 Å². The minimum atomic E-state index is -3.90. The topological polar surface area (TPSA) is 74.6 Å². The van der Waals surface area contributed by atoms with Crippen LogP contribution in [-0.4, -0.2) is 28.5 Å². The van der Waals surface area contributed by atoms with Crippen LogP contribution >= 0.6 is 0 Å². The van der Waals surface area contributed by atoms with E-state index in [0.29, 0.717) is 0 Å². The van der Waals surface area contributed by atoms with E-state index in [0.717, 1.165) is 27.7 Å². The van der Waals surface area contributed by atoms with E-state index in [2.05, 4.69) is 0 Å². The van der Waals surface area contributed by atoms with Crippen LogP contribution in [0.4, 0.5) is 0 Å². The Morgan fingerprint density at radius 2 is 1.09 bits per heavy atom. The van der Waals surface area contributed by atoms with Crippen molar-refractivity contribution < 1.29 is 18.6 Å². The second-order valence-corrected chi connectivity index (χ2v) is 6.40. The van der Waals surface area contributed by atoms with E-state index in [1.807, 2.05) is 0 Å². The van der Waals surface area contributed by atoms with E-state index in [-0.39, 0.29) is 0 Å². The molecule has 0 saturated carbocycles. The summed E-state index contributed by atoms with van der Waals surface area (Å²) >= 11 is 0. The van der Waals surface area contributed by atoms with Crippen LogP contribution < -0.4 is 0 Å². The molecule has 0 bridgehead atoms. The Labute approximate surface area is 66.8 Å². The minimum Gasteiger partial charge on any atom is -0.375 e. The first-order valence-electron chi connectivity index (χ1n) is 3.19. The molecule has 0 amide bonds. The largest absolute Gasteiger partial charge is 0.375 e. The molecule has 68 valence electrons. The quantitative estimate of drug-likeness (QED) is 0.623. The Balaban J connectivity index is 5.11. The predicted molar refractivity (Wildman–Crippen MR) is 41.5 cm³/mol. The highest BCUT2D eigenvalue weighted by Gasteiger charge is 2.43. The van der Waals surface area contributed by atoms with E-state index in [1.165, 1.54) is 0 Å². The van der Waals surface area contributed by atoms with E-state index >= 15 is 0 Å². The van der Waals surface area contributed by atoms with Crippen LogP contribution in [0.3, 0.4) is 0 Å². The molecule has 0 aromatic carbocycles. The van der Waals surface area contributed by atoms with Gasteiger partial charge >= 0.3 is 0 Å². The molecule has 0 saturated heterocycles. The molecule has 0 atom stereocenters. The minimum absolute atomic E-state index is 1.13. The summed E-state index contributed by atoms with van der Waals surface area (Å²) in [5, 5.41) is 18.3. The lowest BCUT2D eigenvalue weighted by Crippen LogP contribution is -2.45. The van der Waals surface area contributed by atoms with Crippen molar-refractivity contribution in [3.05, 3.63) is 0 Å². The zero-order valence-electron chi connectivity index (χ0n) is 7.12. The van der Waals surface area contributed by atoms with Gasteiger partial charge in [0.25, 0.3) is 0 Å². The van der Waals surface area contributed by atoms with Gasteiger partial charge in [-0.1, -0.05) is 0 Å². The third-order valence-electron chi connectivity index (χ3n) is 1.32. The van der Waals surface area contributed by atoms with E-state index in [9.17, 15) is 8.42 Å². The molecule has 4 nitrogen and oxygen atoms in total. The molecule has 0 aliphatic heterocycles. The van der Waals surface area contributed by atoms with Gasteiger partial charge < -0.3 is 10.2 Å². The molecule has 0 heterocycles. The van der Waals surface area contributed by atoms with E-state index in [1.54, 1.807) is 0 Å². The van der Waals surface area contributed by atoms with Gasteiger partial charge in [-0.2, -0.15) is 0 Å². The molecule has 0 fully saturated rings. The molecule has 0 rings (SSSR count). The summed E-state index contributed by atoms with van der Waals surface area (Å²) < 4.78 is 22.3. The van der Waals surface area contributed by atoms with Gasteiger partial charge in [-0.15, -0.1) is 0 Å². The third kappa shape index (κ3) is 1.91. The van der Waals surface area contributed by atoms with Crippen LogP contribution in [0.15, 0.2) is 0 Å². The zero-order valence-corrected chi connectivity index (χ0v) is 7.94. The highest BCUT2D eigenvalue weighted by molar-refractivity contribution is 7.93. The van der Waals surface area contributed by atoms with Crippen molar-refractivity contribution in [3.8, 4) is 0 Å². The van der Waals surface area contributed by atoms with Gasteiger partial charge in [0, 0.05) is 0 Å². The molecule has 0 aliphatic carbocycles. The van der Waals surface area contributed by atoms with Crippen LogP contribution in [0.25, 0.3) is 0 Å². The van der Waals surface area contributed by atoms with Crippen LogP contribution in [0.5, 0.6) is 0 Å². The monoisotopic (exact) mass is 182 g/mol. The fourth-order valence-electron chi connectivity index (χ4n) is 0.611. The Hall–Kier alpha value is -0.130. The maximum Gasteiger partial charge on any atom is 0.207 e. The highest BCUT2D eigenvalue weighted by atomic mass is 32.2. The molecular formula is C6H14O4S. The second-order valence-electron chi connectivity index (χ2n) is 3.40. The molecular weight excluding hydrogens is 168 g/mol. The van der Waals surface area contributed by atoms with E-state index in [4.69, 9.17) is 10.2 Å². The standard InChI is InChI=1S/C6H14O4S/c1-5(2,7)11(9,10)6(3,4)8/h7-8H,1-4H3. The smallest absolute Gasteiger partial charge is 0.207 e. The van der Waals surface area contributed by atoms with Crippen LogP contribution in [0.2, 0.25) is 0 Å². The average molecular weight is 182 g/mol. The first kappa shape index (κ1) is 10.9. The van der Waals surface area contributed by atoms with Crippen LogP contribution in [0, 0.1) is 0 Å². The van der Waals surface area contributed by atoms with Crippen molar-refractivity contribution in [2.75, 3.05) is 0 Å². The van der Waals surface area contributed by atoms with Gasteiger partial charge in [-0.25, -0.2) is 8.42 Å². The Bertz CT molecular complexity index is 206. The van der Waals surface area contributed by atoms with Crippen LogP contribution in [-0.2, 0) is 9.84 Å². The predicted octanol–water partition coefficient (Wildman–Crippen LogP) is -0.142. The Kier molecular flexibility index (Phi) is 2.40. The summed E-state index contributed by atoms with van der Waals surface area (Å²) in [6.07, 6.45) is 0. The summed E-state index contributed by atoms with van der Waals surface area (Å²) in [4.78, 5) is -3.80. The molecule has 11 heavy (non-hydrogen) atoms. The summed E-state index contributed by atoms with van der Waals surface area (Å²) in [6, 6.07) is 0. The number of aliphatic hydroxyl groups is 2. The molecule has 0 spiro atoms. The van der Waals surface area contributed by atoms with Gasteiger partial charge in [0.2, 0.25) is 9.84 Å². The number of sulfone groups is 1. The maximum atomic E-state index is 11.2. The van der Waals surface area contributed by atoms with E-state index < -0.39 is 19.7 Å². The van der Waals surface area contributed by atoms with Crippen molar-refractivity contribution >= 4 is 9.84 Å².